The summed E-state index contributed by atoms with van der Waals surface area (Å²) in [7, 11) is 2.25. The van der Waals surface area contributed by atoms with Crippen LogP contribution in [0.25, 0.3) is 0 Å². The van der Waals surface area contributed by atoms with Crippen LogP contribution in [0.1, 0.15) is 46.0 Å². The second-order valence-electron chi connectivity index (χ2n) is 5.03. The van der Waals surface area contributed by atoms with E-state index in [9.17, 15) is 0 Å². The van der Waals surface area contributed by atoms with Crippen LogP contribution >= 0.6 is 0 Å². The summed E-state index contributed by atoms with van der Waals surface area (Å²) in [4.78, 5) is 2.52. The molecule has 0 saturated heterocycles. The molecule has 1 fully saturated rings. The van der Waals surface area contributed by atoms with E-state index in [-0.39, 0.29) is 0 Å². The van der Waals surface area contributed by atoms with E-state index in [0.717, 1.165) is 12.5 Å². The zero-order valence-electron chi connectivity index (χ0n) is 10.1. The molecule has 1 aliphatic carbocycles. The summed E-state index contributed by atoms with van der Waals surface area (Å²) in [6, 6.07) is 0. The van der Waals surface area contributed by atoms with E-state index < -0.39 is 0 Å². The molecule has 0 heterocycles. The molecule has 1 saturated carbocycles. The van der Waals surface area contributed by atoms with Gasteiger partial charge in [-0.1, -0.05) is 33.1 Å². The number of nitrogens with zero attached hydrogens (tertiary/aromatic N) is 1. The van der Waals surface area contributed by atoms with E-state index in [2.05, 4.69) is 25.8 Å². The molecule has 0 aromatic carbocycles. The van der Waals surface area contributed by atoms with Gasteiger partial charge in [0.25, 0.3) is 0 Å². The van der Waals surface area contributed by atoms with Crippen molar-refractivity contribution in [1.29, 1.82) is 0 Å². The summed E-state index contributed by atoms with van der Waals surface area (Å²) in [6.07, 6.45) is 6.60. The lowest BCUT2D eigenvalue weighted by Crippen LogP contribution is -2.51. The summed E-state index contributed by atoms with van der Waals surface area (Å²) in [6.45, 7) is 6.63. The zero-order valence-corrected chi connectivity index (χ0v) is 10.1. The largest absolute Gasteiger partial charge is 0.329 e. The number of nitrogens with two attached hydrogens (primary N) is 1. The van der Waals surface area contributed by atoms with Gasteiger partial charge >= 0.3 is 0 Å². The monoisotopic (exact) mass is 198 g/mol. The van der Waals surface area contributed by atoms with Crippen LogP contribution in [0.15, 0.2) is 0 Å². The van der Waals surface area contributed by atoms with Gasteiger partial charge in [0.2, 0.25) is 0 Å². The fourth-order valence-electron chi connectivity index (χ4n) is 2.57. The molecule has 2 heteroatoms. The fourth-order valence-corrected chi connectivity index (χ4v) is 2.57. The molecule has 1 rings (SSSR count). The van der Waals surface area contributed by atoms with Crippen molar-refractivity contribution in [2.75, 3.05) is 20.1 Å². The average Bonchev–Trinajstić information content (AvgIpc) is 2.67. The number of likely N-dealkylation sites (N-methyl/N-ethyl adjacent to an activating group) is 1. The first-order chi connectivity index (χ1) is 6.64. The van der Waals surface area contributed by atoms with Gasteiger partial charge in [-0.2, -0.15) is 0 Å². The minimum Gasteiger partial charge on any atom is -0.329 e. The normalized spacial score (nSPS) is 22.9. The molecule has 0 aromatic rings. The second kappa shape index (κ2) is 5.13. The molecule has 0 bridgehead atoms. The lowest BCUT2D eigenvalue weighted by Gasteiger charge is -2.39. The van der Waals surface area contributed by atoms with Crippen molar-refractivity contribution in [3.05, 3.63) is 0 Å². The van der Waals surface area contributed by atoms with Crippen LogP contribution in [0.5, 0.6) is 0 Å². The second-order valence-corrected chi connectivity index (χ2v) is 5.03. The Bertz CT molecular complexity index is 162. The predicted molar refractivity (Wildman–Crippen MR) is 62.3 cm³/mol. The van der Waals surface area contributed by atoms with Gasteiger partial charge in [0, 0.05) is 18.6 Å². The number of rotatable bonds is 5. The van der Waals surface area contributed by atoms with E-state index >= 15 is 0 Å². The van der Waals surface area contributed by atoms with Crippen LogP contribution in [0.2, 0.25) is 0 Å². The quantitative estimate of drug-likeness (QED) is 0.734. The van der Waals surface area contributed by atoms with Gasteiger partial charge in [0.1, 0.15) is 0 Å². The molecule has 1 aliphatic rings. The molecule has 14 heavy (non-hydrogen) atoms. The van der Waals surface area contributed by atoms with Crippen molar-refractivity contribution >= 4 is 0 Å². The van der Waals surface area contributed by atoms with Crippen LogP contribution in [0, 0.1) is 5.92 Å². The molecule has 84 valence electrons. The molecular formula is C12H26N2. The molecule has 1 atom stereocenters. The molecule has 1 unspecified atom stereocenters. The Hall–Kier alpha value is -0.0800. The molecule has 2 nitrogen and oxygen atoms in total. The Morgan fingerprint density at radius 3 is 2.36 bits per heavy atom. The van der Waals surface area contributed by atoms with E-state index in [1.54, 1.807) is 0 Å². The first-order valence-electron chi connectivity index (χ1n) is 6.06. The summed E-state index contributed by atoms with van der Waals surface area (Å²) in [5, 5.41) is 0. The van der Waals surface area contributed by atoms with Crippen molar-refractivity contribution in [1.82, 2.24) is 4.90 Å². The Kier molecular flexibility index (Phi) is 4.39. The zero-order chi connectivity index (χ0) is 10.6. The Morgan fingerprint density at radius 2 is 1.93 bits per heavy atom. The van der Waals surface area contributed by atoms with Gasteiger partial charge in [0.15, 0.2) is 0 Å². The number of hydrogen-bond acceptors (Lipinski definition) is 2. The highest BCUT2D eigenvalue weighted by Gasteiger charge is 2.36. The van der Waals surface area contributed by atoms with Crippen molar-refractivity contribution in [2.24, 2.45) is 11.7 Å². The first kappa shape index (κ1) is 12.0. The lowest BCUT2D eigenvalue weighted by atomic mass is 9.94. The third-order valence-corrected chi connectivity index (χ3v) is 4.01. The van der Waals surface area contributed by atoms with Crippen LogP contribution in [-0.2, 0) is 0 Å². The maximum atomic E-state index is 5.95. The molecule has 0 aromatic heterocycles. The van der Waals surface area contributed by atoms with Crippen LogP contribution in [0.3, 0.4) is 0 Å². The highest BCUT2D eigenvalue weighted by Crippen LogP contribution is 2.34. The van der Waals surface area contributed by atoms with Gasteiger partial charge < -0.3 is 5.73 Å². The summed E-state index contributed by atoms with van der Waals surface area (Å²) in [5.41, 5.74) is 6.28. The SMILES string of the molecule is CCC(C)CN(C)C1(CN)CCCC1. The third-order valence-electron chi connectivity index (χ3n) is 4.01. The molecule has 0 amide bonds. The molecular weight excluding hydrogens is 172 g/mol. The lowest BCUT2D eigenvalue weighted by molar-refractivity contribution is 0.113. The molecule has 0 aliphatic heterocycles. The maximum absolute atomic E-state index is 5.95. The molecule has 0 spiro atoms. The van der Waals surface area contributed by atoms with Crippen molar-refractivity contribution in [3.63, 3.8) is 0 Å². The highest BCUT2D eigenvalue weighted by atomic mass is 15.2. The molecule has 0 radical (unpaired) electrons. The predicted octanol–water partition coefficient (Wildman–Crippen LogP) is 2.24. The van der Waals surface area contributed by atoms with Gasteiger partial charge in [-0.15, -0.1) is 0 Å². The minimum atomic E-state index is 0.337. The van der Waals surface area contributed by atoms with Crippen LogP contribution < -0.4 is 5.73 Å². The van der Waals surface area contributed by atoms with E-state index in [0.29, 0.717) is 5.54 Å². The Morgan fingerprint density at radius 1 is 1.36 bits per heavy atom. The standard InChI is InChI=1S/C12H26N2/c1-4-11(2)9-14(3)12(10-13)7-5-6-8-12/h11H,4-10,13H2,1-3H3. The fraction of sp³-hybridized carbons (Fsp3) is 1.00. The van der Waals surface area contributed by atoms with E-state index in [1.165, 1.54) is 38.6 Å². The molecule has 2 N–H and O–H groups in total. The average molecular weight is 198 g/mol. The first-order valence-corrected chi connectivity index (χ1v) is 6.06. The highest BCUT2D eigenvalue weighted by molar-refractivity contribution is 4.94. The van der Waals surface area contributed by atoms with E-state index in [1.807, 2.05) is 0 Å². The van der Waals surface area contributed by atoms with Crippen molar-refractivity contribution in [3.8, 4) is 0 Å². The van der Waals surface area contributed by atoms with Gasteiger partial charge in [-0.3, -0.25) is 4.90 Å². The van der Waals surface area contributed by atoms with Gasteiger partial charge in [-0.05, 0) is 25.8 Å². The van der Waals surface area contributed by atoms with Gasteiger partial charge in [-0.25, -0.2) is 0 Å². The van der Waals surface area contributed by atoms with Crippen molar-refractivity contribution < 1.29 is 0 Å². The minimum absolute atomic E-state index is 0.337. The maximum Gasteiger partial charge on any atom is 0.0328 e. The van der Waals surface area contributed by atoms with Gasteiger partial charge in [0.05, 0.1) is 0 Å². The van der Waals surface area contributed by atoms with E-state index in [4.69, 9.17) is 5.73 Å². The van der Waals surface area contributed by atoms with Crippen LogP contribution in [0.4, 0.5) is 0 Å². The number of hydrogen-bond donors (Lipinski definition) is 1. The Balaban J connectivity index is 2.51. The smallest absolute Gasteiger partial charge is 0.0328 e. The summed E-state index contributed by atoms with van der Waals surface area (Å²) in [5.74, 6) is 0.795. The topological polar surface area (TPSA) is 29.3 Å². The van der Waals surface area contributed by atoms with Crippen molar-refractivity contribution in [2.45, 2.75) is 51.5 Å². The summed E-state index contributed by atoms with van der Waals surface area (Å²) < 4.78 is 0. The Labute approximate surface area is 88.8 Å². The third kappa shape index (κ3) is 2.48. The van der Waals surface area contributed by atoms with Crippen LogP contribution in [-0.4, -0.2) is 30.6 Å². The summed E-state index contributed by atoms with van der Waals surface area (Å²) >= 11 is 0.